The first-order chi connectivity index (χ1) is 14.5. The highest BCUT2D eigenvalue weighted by Crippen LogP contribution is 2.37. The number of rotatable bonds is 6. The molecule has 3 rings (SSSR count). The van der Waals surface area contributed by atoms with Gasteiger partial charge >= 0.3 is 6.18 Å². The lowest BCUT2D eigenvalue weighted by atomic mass is 9.77. The highest BCUT2D eigenvalue weighted by atomic mass is 19.4. The summed E-state index contributed by atoms with van der Waals surface area (Å²) in [7, 11) is 0. The van der Waals surface area contributed by atoms with E-state index in [-0.39, 0.29) is 19.6 Å². The van der Waals surface area contributed by atoms with Crippen molar-refractivity contribution in [1.29, 1.82) is 0 Å². The Balaban J connectivity index is 1.82. The molecule has 1 amide bonds. The number of piperidine rings is 1. The number of hydrogen-bond donors (Lipinski definition) is 3. The summed E-state index contributed by atoms with van der Waals surface area (Å²) in [6, 6.07) is 13.3. The van der Waals surface area contributed by atoms with Crippen molar-refractivity contribution in [3.63, 3.8) is 0 Å². The average molecular weight is 436 g/mol. The second-order valence-corrected chi connectivity index (χ2v) is 8.28. The predicted octanol–water partition coefficient (Wildman–Crippen LogP) is 3.59. The Morgan fingerprint density at radius 3 is 2.45 bits per heavy atom. The van der Waals surface area contributed by atoms with Crippen LogP contribution in [-0.4, -0.2) is 29.8 Å². The summed E-state index contributed by atoms with van der Waals surface area (Å²) in [5.74, 6) is -0.796. The minimum absolute atomic E-state index is 0.0440. The molecule has 1 aliphatic rings. The second-order valence-electron chi connectivity index (χ2n) is 8.28. The molecule has 0 aliphatic carbocycles. The molecule has 4 N–H and O–H groups in total. The Labute approximate surface area is 179 Å². The molecule has 8 heteroatoms. The lowest BCUT2D eigenvalue weighted by Crippen LogP contribution is -2.62. The van der Waals surface area contributed by atoms with Gasteiger partial charge < -0.3 is 20.9 Å². The summed E-state index contributed by atoms with van der Waals surface area (Å²) in [5, 5.41) is 13.7. The molecule has 0 saturated carbocycles. The highest BCUT2D eigenvalue weighted by molar-refractivity contribution is 5.83. The van der Waals surface area contributed by atoms with Gasteiger partial charge in [0.25, 0.3) is 5.91 Å². The van der Waals surface area contributed by atoms with Crippen molar-refractivity contribution in [3.8, 4) is 0 Å². The smallest absolute Gasteiger partial charge is 0.379 e. The van der Waals surface area contributed by atoms with E-state index in [4.69, 9.17) is 10.5 Å². The number of hydrogen-bond acceptors (Lipinski definition) is 4. The summed E-state index contributed by atoms with van der Waals surface area (Å²) in [4.78, 5) is 11.6. The molecule has 168 valence electrons. The van der Waals surface area contributed by atoms with E-state index in [9.17, 15) is 23.1 Å². The molecular formula is C23H27F3N2O3. The lowest BCUT2D eigenvalue weighted by Gasteiger charge is -2.44. The number of amides is 1. The van der Waals surface area contributed by atoms with Crippen LogP contribution in [-0.2, 0) is 21.2 Å². The fourth-order valence-corrected chi connectivity index (χ4v) is 3.91. The third kappa shape index (κ3) is 5.08. The first kappa shape index (κ1) is 23.2. The zero-order valence-electron chi connectivity index (χ0n) is 17.5. The zero-order chi connectivity index (χ0) is 22.9. The van der Waals surface area contributed by atoms with Gasteiger partial charge in [0.1, 0.15) is 0 Å². The quantitative estimate of drug-likeness (QED) is 0.646. The lowest BCUT2D eigenvalue weighted by molar-refractivity contribution is -0.141. The summed E-state index contributed by atoms with van der Waals surface area (Å²) in [6.45, 7) is 3.42. The molecule has 1 aliphatic heterocycles. The van der Waals surface area contributed by atoms with E-state index < -0.39 is 34.9 Å². The Morgan fingerprint density at radius 1 is 1.23 bits per heavy atom. The molecule has 1 saturated heterocycles. The van der Waals surface area contributed by atoms with Crippen LogP contribution in [0, 0.1) is 6.92 Å². The summed E-state index contributed by atoms with van der Waals surface area (Å²) in [5.41, 5.74) is 4.09. The van der Waals surface area contributed by atoms with Crippen LogP contribution in [0.4, 0.5) is 13.2 Å². The minimum atomic E-state index is -4.43. The van der Waals surface area contributed by atoms with Gasteiger partial charge in [0, 0.05) is 6.54 Å². The van der Waals surface area contributed by atoms with Gasteiger partial charge in [0.2, 0.25) is 0 Å². The number of halogens is 3. The molecule has 0 aromatic heterocycles. The van der Waals surface area contributed by atoms with Gasteiger partial charge in [-0.15, -0.1) is 0 Å². The van der Waals surface area contributed by atoms with Crippen LogP contribution in [0.2, 0.25) is 0 Å². The van der Waals surface area contributed by atoms with Crippen LogP contribution < -0.4 is 11.1 Å². The van der Waals surface area contributed by atoms with E-state index in [1.54, 1.807) is 19.9 Å². The number of benzene rings is 2. The van der Waals surface area contributed by atoms with Crippen LogP contribution in [0.15, 0.2) is 48.5 Å². The molecule has 2 aromatic rings. The molecule has 2 aromatic carbocycles. The molecule has 1 heterocycles. The average Bonchev–Trinajstić information content (AvgIpc) is 2.73. The number of carbonyl (C=O) groups excluding carboxylic acids is 1. The van der Waals surface area contributed by atoms with Crippen LogP contribution in [0.3, 0.4) is 0 Å². The van der Waals surface area contributed by atoms with Gasteiger partial charge in [-0.05, 0) is 49.9 Å². The fraction of sp³-hybridized carbons (Fsp3) is 0.435. The monoisotopic (exact) mass is 436 g/mol. The van der Waals surface area contributed by atoms with Crippen LogP contribution >= 0.6 is 0 Å². The van der Waals surface area contributed by atoms with Crippen molar-refractivity contribution < 1.29 is 27.8 Å². The van der Waals surface area contributed by atoms with E-state index in [2.05, 4.69) is 5.32 Å². The molecule has 0 radical (unpaired) electrons. The first-order valence-corrected chi connectivity index (χ1v) is 10.1. The van der Waals surface area contributed by atoms with Crippen molar-refractivity contribution in [2.45, 2.75) is 50.1 Å². The number of aliphatic hydroxyl groups is 1. The third-order valence-corrected chi connectivity index (χ3v) is 5.95. The van der Waals surface area contributed by atoms with Crippen molar-refractivity contribution in [2.75, 3.05) is 13.2 Å². The molecule has 5 nitrogen and oxygen atoms in total. The van der Waals surface area contributed by atoms with Gasteiger partial charge in [-0.25, -0.2) is 0 Å². The Hall–Kier alpha value is -2.42. The Bertz CT molecular complexity index is 923. The number of β-amino-alcohol motifs (C(OH)–C–C–N with tert-alkyl or cyclic N) is 1. The molecule has 3 atom stereocenters. The SMILES string of the molecule is Cc1cc([C@@H](C)OC[C@@]2(c3ccccc3)CCC(O)(C(N)=O)CN2)cc(C(F)(F)F)c1. The topological polar surface area (TPSA) is 84.6 Å². The molecule has 0 bridgehead atoms. The molecule has 31 heavy (non-hydrogen) atoms. The van der Waals surface area contributed by atoms with Crippen molar-refractivity contribution in [3.05, 3.63) is 70.8 Å². The van der Waals surface area contributed by atoms with Crippen LogP contribution in [0.25, 0.3) is 0 Å². The van der Waals surface area contributed by atoms with Gasteiger partial charge in [-0.2, -0.15) is 13.2 Å². The maximum Gasteiger partial charge on any atom is 0.416 e. The van der Waals surface area contributed by atoms with Crippen molar-refractivity contribution in [1.82, 2.24) is 5.32 Å². The first-order valence-electron chi connectivity index (χ1n) is 10.1. The largest absolute Gasteiger partial charge is 0.416 e. The summed E-state index contributed by atoms with van der Waals surface area (Å²) >= 11 is 0. The number of alkyl halides is 3. The van der Waals surface area contributed by atoms with Gasteiger partial charge in [0.05, 0.1) is 23.8 Å². The standard InChI is InChI=1S/C23H27F3N2O3/c1-15-10-17(12-19(11-15)23(24,25)26)16(2)31-14-21(18-6-4-3-5-7-18)8-9-22(30,13-28-21)20(27)29/h3-7,10-12,16,28,30H,8-9,13-14H2,1-2H3,(H2,27,29)/t16-,21-,22?/m1/s1. The third-order valence-electron chi connectivity index (χ3n) is 5.95. The number of nitrogens with two attached hydrogens (primary N) is 1. The second kappa shape index (κ2) is 8.61. The molecule has 1 unspecified atom stereocenters. The fourth-order valence-electron chi connectivity index (χ4n) is 3.91. The van der Waals surface area contributed by atoms with Gasteiger partial charge in [0.15, 0.2) is 5.60 Å². The maximum atomic E-state index is 13.2. The van der Waals surface area contributed by atoms with Crippen molar-refractivity contribution >= 4 is 5.91 Å². The predicted molar refractivity (Wildman–Crippen MR) is 110 cm³/mol. The summed E-state index contributed by atoms with van der Waals surface area (Å²) in [6.07, 6.45) is -4.52. The number of nitrogens with one attached hydrogen (secondary N) is 1. The highest BCUT2D eigenvalue weighted by Gasteiger charge is 2.46. The normalized spacial score (nSPS) is 25.2. The molecule has 0 spiro atoms. The van der Waals surface area contributed by atoms with Crippen LogP contribution in [0.5, 0.6) is 0 Å². The maximum absolute atomic E-state index is 13.2. The number of primary amides is 1. The molecular weight excluding hydrogens is 409 g/mol. The Kier molecular flexibility index (Phi) is 6.45. The van der Waals surface area contributed by atoms with Gasteiger partial charge in [-0.3, -0.25) is 4.79 Å². The molecule has 1 fully saturated rings. The van der Waals surface area contributed by atoms with Crippen LogP contribution in [0.1, 0.15) is 48.1 Å². The zero-order valence-corrected chi connectivity index (χ0v) is 17.5. The minimum Gasteiger partial charge on any atom is -0.379 e. The van der Waals surface area contributed by atoms with E-state index in [1.165, 1.54) is 0 Å². The van der Waals surface area contributed by atoms with E-state index in [1.807, 2.05) is 30.3 Å². The van der Waals surface area contributed by atoms with E-state index >= 15 is 0 Å². The van der Waals surface area contributed by atoms with E-state index in [0.29, 0.717) is 17.5 Å². The Morgan fingerprint density at radius 2 is 1.90 bits per heavy atom. The van der Waals surface area contributed by atoms with Gasteiger partial charge in [-0.1, -0.05) is 42.0 Å². The number of aryl methyl sites for hydroxylation is 1. The summed E-state index contributed by atoms with van der Waals surface area (Å²) < 4.78 is 45.6. The van der Waals surface area contributed by atoms with Crippen molar-refractivity contribution in [2.24, 2.45) is 5.73 Å². The number of carbonyl (C=O) groups is 1. The number of ether oxygens (including phenoxy) is 1. The van der Waals surface area contributed by atoms with E-state index in [0.717, 1.165) is 17.7 Å².